The zero-order chi connectivity index (χ0) is 13.7. The molecule has 3 atom stereocenters. The second kappa shape index (κ2) is 7.46. The molecule has 108 valence electrons. The molecule has 1 heterocycles. The molecule has 3 heteroatoms. The van der Waals surface area contributed by atoms with Crippen LogP contribution >= 0.6 is 0 Å². The van der Waals surface area contributed by atoms with Gasteiger partial charge in [-0.2, -0.15) is 0 Å². The van der Waals surface area contributed by atoms with E-state index >= 15 is 0 Å². The van der Waals surface area contributed by atoms with Crippen molar-refractivity contribution in [3.63, 3.8) is 0 Å². The normalized spacial score (nSPS) is 28.0. The highest BCUT2D eigenvalue weighted by Crippen LogP contribution is 2.23. The number of likely N-dealkylation sites (tertiary alicyclic amines) is 1. The Morgan fingerprint density at radius 3 is 2.44 bits per heavy atom. The van der Waals surface area contributed by atoms with Gasteiger partial charge in [0.2, 0.25) is 0 Å². The Kier molecular flexibility index (Phi) is 6.61. The van der Waals surface area contributed by atoms with Crippen molar-refractivity contribution >= 4 is 0 Å². The van der Waals surface area contributed by atoms with Crippen LogP contribution in [0.1, 0.15) is 41.0 Å². The minimum atomic E-state index is 0.402. The summed E-state index contributed by atoms with van der Waals surface area (Å²) in [6, 6.07) is 1.19. The predicted octanol–water partition coefficient (Wildman–Crippen LogP) is 2.37. The zero-order valence-corrected chi connectivity index (χ0v) is 13.1. The molecular weight excluding hydrogens is 224 g/mol. The molecule has 1 rings (SSSR count). The predicted molar refractivity (Wildman–Crippen MR) is 77.9 cm³/mol. The van der Waals surface area contributed by atoms with Gasteiger partial charge in [-0.15, -0.1) is 0 Å². The van der Waals surface area contributed by atoms with E-state index in [0.29, 0.717) is 30.0 Å². The van der Waals surface area contributed by atoms with E-state index in [2.05, 4.69) is 44.8 Å². The summed E-state index contributed by atoms with van der Waals surface area (Å²) in [5, 5.41) is 3.59. The van der Waals surface area contributed by atoms with Crippen molar-refractivity contribution in [2.24, 2.45) is 11.8 Å². The number of nitrogens with zero attached hydrogens (tertiary/aromatic N) is 1. The van der Waals surface area contributed by atoms with E-state index in [1.807, 2.05) is 7.11 Å². The Balaban J connectivity index is 2.57. The highest BCUT2D eigenvalue weighted by molar-refractivity contribution is 4.85. The van der Waals surface area contributed by atoms with E-state index in [1.165, 1.54) is 13.0 Å². The number of rotatable bonds is 6. The lowest BCUT2D eigenvalue weighted by Gasteiger charge is -2.42. The number of hydrogen-bond donors (Lipinski definition) is 1. The van der Waals surface area contributed by atoms with Crippen LogP contribution in [0.3, 0.4) is 0 Å². The molecule has 1 aliphatic heterocycles. The number of nitrogens with one attached hydrogen (secondary N) is 1. The van der Waals surface area contributed by atoms with Gasteiger partial charge in [0.1, 0.15) is 0 Å². The second-order valence-corrected chi connectivity index (χ2v) is 6.41. The van der Waals surface area contributed by atoms with Crippen LogP contribution in [0.2, 0.25) is 0 Å². The van der Waals surface area contributed by atoms with Crippen LogP contribution in [-0.4, -0.2) is 49.8 Å². The molecule has 1 aliphatic rings. The summed E-state index contributed by atoms with van der Waals surface area (Å²) in [4.78, 5) is 2.62. The smallest absolute Gasteiger partial charge is 0.0724 e. The molecule has 0 radical (unpaired) electrons. The molecule has 1 saturated heterocycles. The average molecular weight is 256 g/mol. The average Bonchev–Trinajstić information content (AvgIpc) is 2.30. The Morgan fingerprint density at radius 1 is 1.28 bits per heavy atom. The van der Waals surface area contributed by atoms with Crippen LogP contribution < -0.4 is 5.32 Å². The molecule has 0 bridgehead atoms. The van der Waals surface area contributed by atoms with Crippen LogP contribution in [0.15, 0.2) is 0 Å². The fourth-order valence-corrected chi connectivity index (χ4v) is 2.81. The summed E-state index contributed by atoms with van der Waals surface area (Å²) in [5.74, 6) is 1.37. The third kappa shape index (κ3) is 4.52. The van der Waals surface area contributed by atoms with Gasteiger partial charge < -0.3 is 10.1 Å². The molecule has 0 aromatic heterocycles. The van der Waals surface area contributed by atoms with Crippen molar-refractivity contribution in [1.29, 1.82) is 0 Å². The highest BCUT2D eigenvalue weighted by Gasteiger charge is 2.31. The minimum absolute atomic E-state index is 0.402. The molecule has 1 N–H and O–H groups in total. The third-order valence-corrected chi connectivity index (χ3v) is 4.20. The van der Waals surface area contributed by atoms with Crippen LogP contribution in [0.5, 0.6) is 0 Å². The Hall–Kier alpha value is -0.120. The van der Waals surface area contributed by atoms with Crippen molar-refractivity contribution in [3.8, 4) is 0 Å². The summed E-state index contributed by atoms with van der Waals surface area (Å²) in [5.41, 5.74) is 0. The molecular formula is C15H32N2O. The van der Waals surface area contributed by atoms with Gasteiger partial charge in [-0.1, -0.05) is 34.6 Å². The van der Waals surface area contributed by atoms with Gasteiger partial charge in [-0.3, -0.25) is 4.90 Å². The van der Waals surface area contributed by atoms with Gasteiger partial charge in [-0.25, -0.2) is 0 Å². The lowest BCUT2D eigenvalue weighted by molar-refractivity contribution is -0.0257. The summed E-state index contributed by atoms with van der Waals surface area (Å²) in [6.07, 6.45) is 1.66. The first-order chi connectivity index (χ1) is 8.45. The van der Waals surface area contributed by atoms with E-state index in [0.717, 1.165) is 13.1 Å². The second-order valence-electron chi connectivity index (χ2n) is 6.41. The maximum Gasteiger partial charge on any atom is 0.0724 e. The van der Waals surface area contributed by atoms with Crippen LogP contribution in [0.25, 0.3) is 0 Å². The molecule has 0 amide bonds. The van der Waals surface area contributed by atoms with Crippen LogP contribution in [0, 0.1) is 11.8 Å². The fourth-order valence-electron chi connectivity index (χ4n) is 2.81. The first-order valence-electron chi connectivity index (χ1n) is 7.45. The first kappa shape index (κ1) is 15.9. The van der Waals surface area contributed by atoms with Crippen molar-refractivity contribution < 1.29 is 4.74 Å². The number of hydrogen-bond acceptors (Lipinski definition) is 3. The molecule has 3 unspecified atom stereocenters. The quantitative estimate of drug-likeness (QED) is 0.789. The number of methoxy groups -OCH3 is 1. The number of piperidine rings is 1. The van der Waals surface area contributed by atoms with E-state index in [9.17, 15) is 0 Å². The number of ether oxygens (including phenoxy) is 1. The van der Waals surface area contributed by atoms with Gasteiger partial charge in [0, 0.05) is 32.3 Å². The van der Waals surface area contributed by atoms with Crippen molar-refractivity contribution in [1.82, 2.24) is 10.2 Å². The molecule has 0 saturated carbocycles. The highest BCUT2D eigenvalue weighted by atomic mass is 16.5. The fraction of sp³-hybridized carbons (Fsp3) is 1.00. The summed E-state index contributed by atoms with van der Waals surface area (Å²) < 4.78 is 5.63. The van der Waals surface area contributed by atoms with Gasteiger partial charge in [0.05, 0.1) is 6.10 Å². The maximum absolute atomic E-state index is 5.63. The SMILES string of the molecule is COC1CN(C(CNC(C)C)C(C)C)CCC1C. The monoisotopic (exact) mass is 256 g/mol. The molecule has 0 aromatic carbocycles. The zero-order valence-electron chi connectivity index (χ0n) is 13.1. The van der Waals surface area contributed by atoms with Crippen molar-refractivity contribution in [3.05, 3.63) is 0 Å². The van der Waals surface area contributed by atoms with Crippen molar-refractivity contribution in [2.75, 3.05) is 26.7 Å². The molecule has 18 heavy (non-hydrogen) atoms. The summed E-state index contributed by atoms with van der Waals surface area (Å²) in [7, 11) is 1.85. The van der Waals surface area contributed by atoms with Gasteiger partial charge >= 0.3 is 0 Å². The topological polar surface area (TPSA) is 24.5 Å². The standard InChI is InChI=1S/C15H32N2O/c1-11(2)14(9-16-12(3)4)17-8-7-13(5)15(10-17)18-6/h11-16H,7-10H2,1-6H3. The largest absolute Gasteiger partial charge is 0.380 e. The minimum Gasteiger partial charge on any atom is -0.380 e. The maximum atomic E-state index is 5.63. The molecule has 0 spiro atoms. The summed E-state index contributed by atoms with van der Waals surface area (Å²) >= 11 is 0. The Morgan fingerprint density at radius 2 is 1.94 bits per heavy atom. The molecule has 0 aromatic rings. The van der Waals surface area contributed by atoms with E-state index < -0.39 is 0 Å². The van der Waals surface area contributed by atoms with Gasteiger partial charge in [-0.05, 0) is 24.8 Å². The molecule has 3 nitrogen and oxygen atoms in total. The van der Waals surface area contributed by atoms with E-state index in [1.54, 1.807) is 0 Å². The van der Waals surface area contributed by atoms with Crippen LogP contribution in [-0.2, 0) is 4.74 Å². The third-order valence-electron chi connectivity index (χ3n) is 4.20. The lowest BCUT2D eigenvalue weighted by Crippen LogP contribution is -2.53. The van der Waals surface area contributed by atoms with E-state index in [4.69, 9.17) is 4.74 Å². The summed E-state index contributed by atoms with van der Waals surface area (Å²) in [6.45, 7) is 14.8. The van der Waals surface area contributed by atoms with Crippen molar-refractivity contribution in [2.45, 2.75) is 59.2 Å². The van der Waals surface area contributed by atoms with Crippen LogP contribution in [0.4, 0.5) is 0 Å². The molecule has 1 fully saturated rings. The van der Waals surface area contributed by atoms with E-state index in [-0.39, 0.29) is 0 Å². The Bertz CT molecular complexity index is 231. The molecule has 0 aliphatic carbocycles. The van der Waals surface area contributed by atoms with Gasteiger partial charge in [0.25, 0.3) is 0 Å². The first-order valence-corrected chi connectivity index (χ1v) is 7.45. The lowest BCUT2D eigenvalue weighted by atomic mass is 9.92. The Labute approximate surface area is 113 Å². The van der Waals surface area contributed by atoms with Gasteiger partial charge in [0.15, 0.2) is 0 Å².